The minimum Gasteiger partial charge on any atom is -0.469 e. The van der Waals surface area contributed by atoms with Crippen LogP contribution in [0.1, 0.15) is 51.2 Å². The highest BCUT2D eigenvalue weighted by Crippen LogP contribution is 2.44. The van der Waals surface area contributed by atoms with Gasteiger partial charge in [0.25, 0.3) is 0 Å². The average molecular weight is 509 g/mol. The summed E-state index contributed by atoms with van der Waals surface area (Å²) in [6.07, 6.45) is -1.83. The molecule has 2 unspecified atom stereocenters. The lowest BCUT2D eigenvalue weighted by Gasteiger charge is -2.35. The fourth-order valence-electron chi connectivity index (χ4n) is 5.44. The predicted molar refractivity (Wildman–Crippen MR) is 135 cm³/mol. The highest BCUT2D eigenvalue weighted by molar-refractivity contribution is 5.94. The zero-order chi connectivity index (χ0) is 26.9. The summed E-state index contributed by atoms with van der Waals surface area (Å²) in [4.78, 5) is 52.3. The molecule has 2 aliphatic rings. The van der Waals surface area contributed by atoms with Crippen molar-refractivity contribution in [2.75, 3.05) is 13.7 Å². The number of Topliss-reactive ketones (excluding diaryl/α,β-unsaturated/α-hetero) is 1. The number of rotatable bonds is 7. The molecule has 0 aromatic heterocycles. The summed E-state index contributed by atoms with van der Waals surface area (Å²) in [5.41, 5.74) is 3.16. The van der Waals surface area contributed by atoms with Gasteiger partial charge in [0.2, 0.25) is 5.91 Å². The number of hydrogen-bond donors (Lipinski definition) is 1. The Balaban J connectivity index is 1.51. The molecule has 2 aromatic rings. The summed E-state index contributed by atoms with van der Waals surface area (Å²) in [6, 6.07) is 13.7. The number of alkyl carbamates (subject to hydrolysis) is 1. The molecule has 1 N–H and O–H groups in total. The monoisotopic (exact) mass is 508 g/mol. The van der Waals surface area contributed by atoms with E-state index in [0.717, 1.165) is 22.3 Å². The summed E-state index contributed by atoms with van der Waals surface area (Å²) in [7, 11) is 1.19. The zero-order valence-electron chi connectivity index (χ0n) is 21.6. The van der Waals surface area contributed by atoms with Crippen molar-refractivity contribution in [2.45, 2.75) is 63.9 Å². The van der Waals surface area contributed by atoms with E-state index in [-0.39, 0.29) is 18.3 Å². The SMILES string of the molecule is COC(=O)C[C@@H](NC(=O)OCC1c2ccccc2-c2ccccc21)C(=O)N1C(C(C)=O)C(C)OC1(C)C. The highest BCUT2D eigenvalue weighted by Gasteiger charge is 2.51. The van der Waals surface area contributed by atoms with Crippen LogP contribution in [0.5, 0.6) is 0 Å². The van der Waals surface area contributed by atoms with Crippen LogP contribution in [0.15, 0.2) is 48.5 Å². The van der Waals surface area contributed by atoms with Crippen molar-refractivity contribution < 1.29 is 33.4 Å². The molecule has 1 saturated heterocycles. The largest absolute Gasteiger partial charge is 0.469 e. The van der Waals surface area contributed by atoms with Crippen LogP contribution < -0.4 is 5.32 Å². The Morgan fingerprint density at radius 2 is 1.59 bits per heavy atom. The molecular formula is C28H32N2O7. The first-order valence-electron chi connectivity index (χ1n) is 12.2. The van der Waals surface area contributed by atoms with Crippen molar-refractivity contribution in [1.82, 2.24) is 10.2 Å². The summed E-state index contributed by atoms with van der Waals surface area (Å²) in [5.74, 6) is -1.75. The van der Waals surface area contributed by atoms with Gasteiger partial charge in [0, 0.05) is 5.92 Å². The molecule has 1 fully saturated rings. The highest BCUT2D eigenvalue weighted by atomic mass is 16.6. The number of esters is 1. The number of fused-ring (bicyclic) bond motifs is 3. The Kier molecular flexibility index (Phi) is 7.36. The van der Waals surface area contributed by atoms with Gasteiger partial charge in [0.05, 0.1) is 19.6 Å². The van der Waals surface area contributed by atoms with Crippen LogP contribution in [0.4, 0.5) is 4.79 Å². The Bertz CT molecular complexity index is 1180. The Morgan fingerprint density at radius 3 is 2.14 bits per heavy atom. The van der Waals surface area contributed by atoms with Gasteiger partial charge in [-0.05, 0) is 49.9 Å². The maximum atomic E-state index is 13.6. The maximum Gasteiger partial charge on any atom is 0.407 e. The van der Waals surface area contributed by atoms with E-state index in [2.05, 4.69) is 5.32 Å². The van der Waals surface area contributed by atoms with Crippen molar-refractivity contribution in [2.24, 2.45) is 0 Å². The van der Waals surface area contributed by atoms with Gasteiger partial charge in [-0.25, -0.2) is 4.79 Å². The van der Waals surface area contributed by atoms with E-state index in [1.165, 1.54) is 18.9 Å². The fourth-order valence-corrected chi connectivity index (χ4v) is 5.44. The lowest BCUT2D eigenvalue weighted by atomic mass is 9.98. The molecule has 0 saturated carbocycles. The maximum absolute atomic E-state index is 13.6. The Hall–Kier alpha value is -3.72. The van der Waals surface area contributed by atoms with Crippen molar-refractivity contribution in [3.8, 4) is 11.1 Å². The van der Waals surface area contributed by atoms with Gasteiger partial charge in [-0.3, -0.25) is 14.4 Å². The van der Waals surface area contributed by atoms with E-state index in [1.54, 1.807) is 20.8 Å². The topological polar surface area (TPSA) is 111 Å². The molecule has 0 radical (unpaired) electrons. The third kappa shape index (κ3) is 5.09. The molecule has 0 bridgehead atoms. The molecule has 3 atom stereocenters. The molecular weight excluding hydrogens is 476 g/mol. The van der Waals surface area contributed by atoms with Crippen molar-refractivity contribution in [3.63, 3.8) is 0 Å². The number of hydrogen-bond acceptors (Lipinski definition) is 7. The number of carbonyl (C=O) groups excluding carboxylic acids is 4. The van der Waals surface area contributed by atoms with E-state index in [0.29, 0.717) is 0 Å². The fraction of sp³-hybridized carbons (Fsp3) is 0.429. The third-order valence-corrected chi connectivity index (χ3v) is 6.96. The first kappa shape index (κ1) is 26.3. The van der Waals surface area contributed by atoms with Crippen LogP contribution >= 0.6 is 0 Å². The van der Waals surface area contributed by atoms with Gasteiger partial charge in [-0.15, -0.1) is 0 Å². The van der Waals surface area contributed by atoms with E-state index >= 15 is 0 Å². The van der Waals surface area contributed by atoms with Crippen molar-refractivity contribution in [3.05, 3.63) is 59.7 Å². The Labute approximate surface area is 216 Å². The smallest absolute Gasteiger partial charge is 0.407 e. The number of methoxy groups -OCH3 is 1. The molecule has 9 nitrogen and oxygen atoms in total. The Morgan fingerprint density at radius 1 is 1.03 bits per heavy atom. The summed E-state index contributed by atoms with van der Waals surface area (Å²) in [5, 5.41) is 2.52. The molecule has 9 heteroatoms. The van der Waals surface area contributed by atoms with Gasteiger partial charge in [-0.1, -0.05) is 48.5 Å². The van der Waals surface area contributed by atoms with Crippen molar-refractivity contribution in [1.29, 1.82) is 0 Å². The molecule has 1 heterocycles. The molecule has 37 heavy (non-hydrogen) atoms. The second-order valence-electron chi connectivity index (χ2n) is 9.84. The van der Waals surface area contributed by atoms with Gasteiger partial charge in [0.1, 0.15) is 24.4 Å². The van der Waals surface area contributed by atoms with Crippen LogP contribution in [0.2, 0.25) is 0 Å². The van der Waals surface area contributed by atoms with Gasteiger partial charge in [-0.2, -0.15) is 0 Å². The van der Waals surface area contributed by atoms with Gasteiger partial charge < -0.3 is 24.4 Å². The van der Waals surface area contributed by atoms with E-state index < -0.39 is 48.3 Å². The number of carbonyl (C=O) groups is 4. The lowest BCUT2D eigenvalue weighted by molar-refractivity contribution is -0.154. The second-order valence-corrected chi connectivity index (χ2v) is 9.84. The molecule has 4 rings (SSSR count). The van der Waals surface area contributed by atoms with Gasteiger partial charge in [0.15, 0.2) is 5.78 Å². The van der Waals surface area contributed by atoms with E-state index in [9.17, 15) is 19.2 Å². The first-order valence-corrected chi connectivity index (χ1v) is 12.2. The van der Waals surface area contributed by atoms with Crippen LogP contribution in [-0.4, -0.2) is 66.3 Å². The van der Waals surface area contributed by atoms with Crippen LogP contribution in [0.25, 0.3) is 11.1 Å². The second kappa shape index (κ2) is 10.3. The minimum absolute atomic E-state index is 0.0460. The molecule has 196 valence electrons. The number of ether oxygens (including phenoxy) is 3. The molecule has 0 spiro atoms. The number of ketones is 1. The number of amides is 2. The lowest BCUT2D eigenvalue weighted by Crippen LogP contribution is -2.58. The molecule has 1 aliphatic carbocycles. The van der Waals surface area contributed by atoms with Gasteiger partial charge >= 0.3 is 12.1 Å². The zero-order valence-corrected chi connectivity index (χ0v) is 21.6. The summed E-state index contributed by atoms with van der Waals surface area (Å²) >= 11 is 0. The van der Waals surface area contributed by atoms with E-state index in [4.69, 9.17) is 14.2 Å². The minimum atomic E-state index is -1.31. The van der Waals surface area contributed by atoms with E-state index in [1.807, 2.05) is 48.5 Å². The molecule has 2 aromatic carbocycles. The predicted octanol–water partition coefficient (Wildman–Crippen LogP) is 3.40. The van der Waals surface area contributed by atoms with Crippen LogP contribution in [-0.2, 0) is 28.6 Å². The number of benzene rings is 2. The number of nitrogens with zero attached hydrogens (tertiary/aromatic N) is 1. The van der Waals surface area contributed by atoms with Crippen LogP contribution in [0, 0.1) is 0 Å². The quantitative estimate of drug-likeness (QED) is 0.571. The summed E-state index contributed by atoms with van der Waals surface area (Å²) in [6.45, 7) is 6.44. The molecule has 1 aliphatic heterocycles. The summed E-state index contributed by atoms with van der Waals surface area (Å²) < 4.78 is 16.2. The van der Waals surface area contributed by atoms with Crippen molar-refractivity contribution >= 4 is 23.8 Å². The normalized spacial score (nSPS) is 20.5. The first-order chi connectivity index (χ1) is 17.5. The van der Waals surface area contributed by atoms with Crippen LogP contribution in [0.3, 0.4) is 0 Å². The average Bonchev–Trinajstić information content (AvgIpc) is 3.31. The number of nitrogens with one attached hydrogen (secondary N) is 1. The standard InChI is InChI=1S/C28H32N2O7/c1-16(31)25-17(2)37-28(3,4)30(25)26(33)23(14-24(32)35-5)29-27(34)36-15-22-20-12-8-6-10-18(20)19-11-7-9-13-21(19)22/h6-13,17,22-23,25H,14-15H2,1-5H3,(H,29,34)/t17?,23-,25?/m1/s1. The molecule has 2 amide bonds. The third-order valence-electron chi connectivity index (χ3n) is 6.96.